The molecule has 0 aliphatic rings. The lowest BCUT2D eigenvalue weighted by Gasteiger charge is -2.11. The van der Waals surface area contributed by atoms with Crippen molar-refractivity contribution in [2.24, 2.45) is 0 Å². The summed E-state index contributed by atoms with van der Waals surface area (Å²) < 4.78 is 0.715. The Morgan fingerprint density at radius 1 is 1.06 bits per heavy atom. The summed E-state index contributed by atoms with van der Waals surface area (Å²) in [7, 11) is 0. The minimum absolute atomic E-state index is 0.339. The topological polar surface area (TPSA) is 50.9 Å². The number of anilines is 3. The van der Waals surface area contributed by atoms with Crippen molar-refractivity contribution in [1.82, 2.24) is 4.98 Å². The molecule has 3 N–H and O–H groups in total. The first-order chi connectivity index (χ1) is 8.49. The average Bonchev–Trinajstić information content (AvgIpc) is 2.34. The molecule has 18 heavy (non-hydrogen) atoms. The van der Waals surface area contributed by atoms with E-state index in [9.17, 15) is 0 Å². The molecule has 94 valence electrons. The minimum atomic E-state index is 0.339. The van der Waals surface area contributed by atoms with Gasteiger partial charge in [0.05, 0.1) is 21.4 Å². The maximum Gasteiger partial charge on any atom is 0.155 e. The number of pyridine rings is 1. The maximum atomic E-state index is 6.11. The number of hydrogen-bond acceptors (Lipinski definition) is 3. The van der Waals surface area contributed by atoms with Crippen LogP contribution in [0, 0.1) is 0 Å². The summed E-state index contributed by atoms with van der Waals surface area (Å²) in [5.41, 5.74) is 6.86. The van der Waals surface area contributed by atoms with Crippen LogP contribution >= 0.6 is 50.7 Å². The zero-order valence-corrected chi connectivity index (χ0v) is 12.7. The molecule has 0 atom stereocenters. The first-order valence-corrected chi connectivity index (χ1v) is 6.74. The van der Waals surface area contributed by atoms with Gasteiger partial charge in [-0.2, -0.15) is 0 Å². The van der Waals surface area contributed by atoms with Gasteiger partial charge in [-0.15, -0.1) is 0 Å². The number of hydrogen-bond donors (Lipinski definition) is 2. The molecule has 0 bridgehead atoms. The van der Waals surface area contributed by atoms with E-state index in [1.807, 2.05) is 0 Å². The molecular formula is C11H7BrCl3N3. The second-order valence-electron chi connectivity index (χ2n) is 3.42. The molecule has 0 fully saturated rings. The molecule has 0 aliphatic heterocycles. The summed E-state index contributed by atoms with van der Waals surface area (Å²) in [5.74, 6) is 0.433. The maximum absolute atomic E-state index is 6.11. The second-order valence-corrected chi connectivity index (χ2v) is 5.42. The lowest BCUT2D eigenvalue weighted by molar-refractivity contribution is 1.31. The SMILES string of the molecule is Nc1ccc(Cl)nc1Nc1ccc(Br)c(Cl)c1Cl. The minimum Gasteiger partial charge on any atom is -0.396 e. The van der Waals surface area contributed by atoms with Gasteiger partial charge < -0.3 is 11.1 Å². The van der Waals surface area contributed by atoms with Gasteiger partial charge in [-0.3, -0.25) is 0 Å². The molecule has 0 spiro atoms. The Balaban J connectivity index is 2.40. The summed E-state index contributed by atoms with van der Waals surface area (Å²) in [6.07, 6.45) is 0. The van der Waals surface area contributed by atoms with Crippen molar-refractivity contribution in [3.63, 3.8) is 0 Å². The van der Waals surface area contributed by atoms with Crippen molar-refractivity contribution in [2.45, 2.75) is 0 Å². The molecule has 0 unspecified atom stereocenters. The number of aromatic nitrogens is 1. The van der Waals surface area contributed by atoms with E-state index in [1.165, 1.54) is 0 Å². The van der Waals surface area contributed by atoms with Crippen molar-refractivity contribution in [2.75, 3.05) is 11.1 Å². The van der Waals surface area contributed by atoms with E-state index in [2.05, 4.69) is 26.2 Å². The largest absolute Gasteiger partial charge is 0.396 e. The summed E-state index contributed by atoms with van der Waals surface area (Å²) >= 11 is 21.2. The molecule has 0 saturated carbocycles. The van der Waals surface area contributed by atoms with Gasteiger partial charge in [0.15, 0.2) is 5.82 Å². The third-order valence-electron chi connectivity index (χ3n) is 2.18. The fourth-order valence-corrected chi connectivity index (χ4v) is 2.27. The van der Waals surface area contributed by atoms with Crippen LogP contribution in [0.25, 0.3) is 0 Å². The van der Waals surface area contributed by atoms with Gasteiger partial charge in [0.1, 0.15) is 5.15 Å². The van der Waals surface area contributed by atoms with Gasteiger partial charge in [-0.05, 0) is 40.2 Å². The molecule has 1 aromatic carbocycles. The predicted octanol–water partition coefficient (Wildman–Crippen LogP) is 5.13. The van der Waals surface area contributed by atoms with E-state index >= 15 is 0 Å². The van der Waals surface area contributed by atoms with Gasteiger partial charge in [-0.1, -0.05) is 34.8 Å². The Morgan fingerprint density at radius 2 is 1.78 bits per heavy atom. The smallest absolute Gasteiger partial charge is 0.155 e. The van der Waals surface area contributed by atoms with Crippen LogP contribution in [0.15, 0.2) is 28.7 Å². The van der Waals surface area contributed by atoms with Gasteiger partial charge in [0, 0.05) is 4.47 Å². The molecule has 0 radical (unpaired) electrons. The van der Waals surface area contributed by atoms with E-state index in [4.69, 9.17) is 40.5 Å². The second kappa shape index (κ2) is 5.53. The summed E-state index contributed by atoms with van der Waals surface area (Å²) in [5, 5.41) is 4.13. The van der Waals surface area contributed by atoms with Crippen LogP contribution in [0.5, 0.6) is 0 Å². The third-order valence-corrected chi connectivity index (χ3v) is 4.16. The molecule has 0 saturated heterocycles. The molecule has 0 aliphatic carbocycles. The van der Waals surface area contributed by atoms with Crippen LogP contribution in [0.4, 0.5) is 17.2 Å². The standard InChI is InChI=1S/C11H7BrCl3N3/c12-5-1-3-7(10(15)9(5)14)17-11-6(16)2-4-8(13)18-11/h1-4H,16H2,(H,17,18). The normalized spacial score (nSPS) is 10.4. The van der Waals surface area contributed by atoms with Crippen LogP contribution in [0.3, 0.4) is 0 Å². The van der Waals surface area contributed by atoms with Crippen LogP contribution in [0.1, 0.15) is 0 Å². The number of rotatable bonds is 2. The van der Waals surface area contributed by atoms with Gasteiger partial charge in [0.25, 0.3) is 0 Å². The molecule has 0 amide bonds. The Morgan fingerprint density at radius 3 is 2.50 bits per heavy atom. The first-order valence-electron chi connectivity index (χ1n) is 4.81. The first kappa shape index (κ1) is 13.7. The summed E-state index contributed by atoms with van der Waals surface area (Å²) in [6.45, 7) is 0. The number of nitrogens with one attached hydrogen (secondary N) is 1. The van der Waals surface area contributed by atoms with E-state index in [1.54, 1.807) is 24.3 Å². The molecule has 2 aromatic rings. The van der Waals surface area contributed by atoms with E-state index in [-0.39, 0.29) is 0 Å². The molecule has 3 nitrogen and oxygen atoms in total. The van der Waals surface area contributed by atoms with Crippen molar-refractivity contribution >= 4 is 67.9 Å². The monoisotopic (exact) mass is 365 g/mol. The molecule has 2 rings (SSSR count). The number of nitrogen functional groups attached to an aromatic ring is 1. The van der Waals surface area contributed by atoms with Crippen LogP contribution < -0.4 is 11.1 Å². The summed E-state index contributed by atoms with van der Waals surface area (Å²) in [4.78, 5) is 4.08. The fourth-order valence-electron chi connectivity index (χ4n) is 1.30. The highest BCUT2D eigenvalue weighted by atomic mass is 79.9. The van der Waals surface area contributed by atoms with E-state index < -0.39 is 0 Å². The van der Waals surface area contributed by atoms with Crippen LogP contribution in [0.2, 0.25) is 15.2 Å². The number of nitrogens with zero attached hydrogens (tertiary/aromatic N) is 1. The Hall–Kier alpha value is -0.680. The third kappa shape index (κ3) is 2.83. The van der Waals surface area contributed by atoms with Crippen molar-refractivity contribution in [3.05, 3.63) is 43.9 Å². The van der Waals surface area contributed by atoms with Crippen molar-refractivity contribution in [1.29, 1.82) is 0 Å². The molecular weight excluding hydrogens is 360 g/mol. The van der Waals surface area contributed by atoms with Gasteiger partial charge in [0.2, 0.25) is 0 Å². The summed E-state index contributed by atoms with van der Waals surface area (Å²) in [6, 6.07) is 6.81. The highest BCUT2D eigenvalue weighted by molar-refractivity contribution is 9.10. The van der Waals surface area contributed by atoms with Gasteiger partial charge >= 0.3 is 0 Å². The predicted molar refractivity (Wildman–Crippen MR) is 81.1 cm³/mol. The van der Waals surface area contributed by atoms with Gasteiger partial charge in [-0.25, -0.2) is 4.98 Å². The van der Waals surface area contributed by atoms with Crippen molar-refractivity contribution in [3.8, 4) is 0 Å². The Labute approximate surface area is 127 Å². The average molecular weight is 367 g/mol. The zero-order chi connectivity index (χ0) is 13.3. The fraction of sp³-hybridized carbons (Fsp3) is 0. The lowest BCUT2D eigenvalue weighted by Crippen LogP contribution is -2.00. The number of nitrogens with two attached hydrogens (primary N) is 1. The highest BCUT2D eigenvalue weighted by Crippen LogP contribution is 2.37. The van der Waals surface area contributed by atoms with Crippen molar-refractivity contribution < 1.29 is 0 Å². The number of halogens is 4. The Kier molecular flexibility index (Phi) is 4.22. The van der Waals surface area contributed by atoms with E-state index in [0.29, 0.717) is 36.9 Å². The molecule has 1 heterocycles. The van der Waals surface area contributed by atoms with Crippen LogP contribution in [-0.4, -0.2) is 4.98 Å². The molecule has 7 heteroatoms. The highest BCUT2D eigenvalue weighted by Gasteiger charge is 2.10. The van der Waals surface area contributed by atoms with E-state index in [0.717, 1.165) is 0 Å². The zero-order valence-electron chi connectivity index (χ0n) is 8.85. The quantitative estimate of drug-likeness (QED) is 0.571. The molecule has 1 aromatic heterocycles. The number of benzene rings is 1. The Bertz CT molecular complexity index is 604. The lowest BCUT2D eigenvalue weighted by atomic mass is 10.3. The van der Waals surface area contributed by atoms with Crippen LogP contribution in [-0.2, 0) is 0 Å².